The Morgan fingerprint density at radius 3 is 2.75 bits per heavy atom. The minimum absolute atomic E-state index is 0.327. The van der Waals surface area contributed by atoms with Crippen molar-refractivity contribution in [2.75, 3.05) is 6.61 Å². The SMILES string of the molecule is C#CC(=O)OCC/C=C(\C)c1ccccc1. The van der Waals surface area contributed by atoms with Crippen LogP contribution in [0.4, 0.5) is 0 Å². The molecule has 0 bridgehead atoms. The fraction of sp³-hybridized carbons (Fsp3) is 0.214. The van der Waals surface area contributed by atoms with Crippen molar-refractivity contribution in [3.8, 4) is 12.3 Å². The molecule has 82 valence electrons. The van der Waals surface area contributed by atoms with Gasteiger partial charge in [-0.1, -0.05) is 36.4 Å². The van der Waals surface area contributed by atoms with Gasteiger partial charge in [0.05, 0.1) is 6.61 Å². The van der Waals surface area contributed by atoms with E-state index in [1.54, 1.807) is 0 Å². The molecule has 0 atom stereocenters. The smallest absolute Gasteiger partial charge is 0.384 e. The van der Waals surface area contributed by atoms with Gasteiger partial charge in [-0.05, 0) is 18.1 Å². The average molecular weight is 214 g/mol. The van der Waals surface area contributed by atoms with Crippen LogP contribution in [0.5, 0.6) is 0 Å². The highest BCUT2D eigenvalue weighted by molar-refractivity contribution is 5.87. The van der Waals surface area contributed by atoms with Gasteiger partial charge in [-0.3, -0.25) is 0 Å². The molecule has 1 rings (SSSR count). The lowest BCUT2D eigenvalue weighted by molar-refractivity contribution is -0.136. The van der Waals surface area contributed by atoms with Crippen LogP contribution in [0.2, 0.25) is 0 Å². The van der Waals surface area contributed by atoms with Crippen LogP contribution in [0.25, 0.3) is 5.57 Å². The first-order valence-corrected chi connectivity index (χ1v) is 5.09. The fourth-order valence-corrected chi connectivity index (χ4v) is 1.29. The van der Waals surface area contributed by atoms with Crippen molar-refractivity contribution in [3.63, 3.8) is 0 Å². The summed E-state index contributed by atoms with van der Waals surface area (Å²) < 4.78 is 4.76. The highest BCUT2D eigenvalue weighted by Crippen LogP contribution is 2.13. The Labute approximate surface area is 95.9 Å². The zero-order valence-corrected chi connectivity index (χ0v) is 9.27. The van der Waals surface area contributed by atoms with Crippen molar-refractivity contribution < 1.29 is 9.53 Å². The summed E-state index contributed by atoms with van der Waals surface area (Å²) in [5.41, 5.74) is 2.34. The normalized spacial score (nSPS) is 10.6. The Morgan fingerprint density at radius 1 is 1.44 bits per heavy atom. The zero-order chi connectivity index (χ0) is 11.8. The number of allylic oxidation sites excluding steroid dienone is 1. The summed E-state index contributed by atoms with van der Waals surface area (Å²) in [4.78, 5) is 10.6. The van der Waals surface area contributed by atoms with Crippen LogP contribution in [-0.2, 0) is 9.53 Å². The van der Waals surface area contributed by atoms with Gasteiger partial charge in [-0.25, -0.2) is 4.79 Å². The molecule has 0 fully saturated rings. The third-order valence-corrected chi connectivity index (χ3v) is 2.15. The zero-order valence-electron chi connectivity index (χ0n) is 9.27. The molecule has 0 radical (unpaired) electrons. The summed E-state index contributed by atoms with van der Waals surface area (Å²) in [6, 6.07) is 10.0. The van der Waals surface area contributed by atoms with E-state index in [4.69, 9.17) is 11.2 Å². The lowest BCUT2D eigenvalue weighted by Gasteiger charge is -2.01. The number of hydrogen-bond acceptors (Lipinski definition) is 2. The van der Waals surface area contributed by atoms with Gasteiger partial charge in [0.2, 0.25) is 0 Å². The third-order valence-electron chi connectivity index (χ3n) is 2.15. The summed E-state index contributed by atoms with van der Waals surface area (Å²) >= 11 is 0. The van der Waals surface area contributed by atoms with Crippen LogP contribution in [0.1, 0.15) is 18.9 Å². The van der Waals surface area contributed by atoms with Crippen LogP contribution in [0, 0.1) is 12.3 Å². The maximum atomic E-state index is 10.6. The highest BCUT2D eigenvalue weighted by Gasteiger charge is 1.96. The Balaban J connectivity index is 2.41. The quantitative estimate of drug-likeness (QED) is 0.333. The second kappa shape index (κ2) is 6.47. The van der Waals surface area contributed by atoms with E-state index in [0.717, 1.165) is 5.57 Å². The number of ether oxygens (including phenoxy) is 1. The van der Waals surface area contributed by atoms with Crippen molar-refractivity contribution in [2.45, 2.75) is 13.3 Å². The molecule has 0 aliphatic heterocycles. The Morgan fingerprint density at radius 2 is 2.12 bits per heavy atom. The number of terminal acetylenes is 1. The summed E-state index contributed by atoms with van der Waals surface area (Å²) in [6.45, 7) is 2.35. The Bertz CT molecular complexity index is 410. The summed E-state index contributed by atoms with van der Waals surface area (Å²) in [7, 11) is 0. The van der Waals surface area contributed by atoms with Crippen molar-refractivity contribution in [1.82, 2.24) is 0 Å². The molecule has 0 aliphatic rings. The van der Waals surface area contributed by atoms with Gasteiger partial charge in [0.1, 0.15) is 0 Å². The van der Waals surface area contributed by atoms with Gasteiger partial charge in [-0.15, -0.1) is 6.42 Å². The number of hydrogen-bond donors (Lipinski definition) is 0. The van der Waals surface area contributed by atoms with Crippen LogP contribution in [-0.4, -0.2) is 12.6 Å². The van der Waals surface area contributed by atoms with Crippen molar-refractivity contribution in [3.05, 3.63) is 42.0 Å². The predicted octanol–water partition coefficient (Wildman–Crippen LogP) is 2.66. The number of benzene rings is 1. The minimum Gasteiger partial charge on any atom is -0.456 e. The molecule has 1 aromatic rings. The molecule has 0 N–H and O–H groups in total. The van der Waals surface area contributed by atoms with Gasteiger partial charge in [-0.2, -0.15) is 0 Å². The van der Waals surface area contributed by atoms with Gasteiger partial charge in [0.25, 0.3) is 0 Å². The molecule has 0 heterocycles. The Hall–Kier alpha value is -2.01. The second-order valence-electron chi connectivity index (χ2n) is 3.32. The van der Waals surface area contributed by atoms with E-state index in [-0.39, 0.29) is 0 Å². The third kappa shape index (κ3) is 4.02. The Kier molecular flexibility index (Phi) is 4.88. The second-order valence-corrected chi connectivity index (χ2v) is 3.32. The first-order valence-electron chi connectivity index (χ1n) is 5.09. The molecule has 0 amide bonds. The molecule has 0 unspecified atom stereocenters. The standard InChI is InChI=1S/C14H14O2/c1-3-14(15)16-11-7-8-12(2)13-9-5-4-6-10-13/h1,4-6,8-10H,7,11H2,2H3/b12-8+. The van der Waals surface area contributed by atoms with Gasteiger partial charge < -0.3 is 4.74 Å². The molecule has 0 saturated carbocycles. The van der Waals surface area contributed by atoms with Gasteiger partial charge in [0, 0.05) is 12.3 Å². The van der Waals surface area contributed by atoms with Gasteiger partial charge >= 0.3 is 5.97 Å². The predicted molar refractivity (Wildman–Crippen MR) is 64.5 cm³/mol. The van der Waals surface area contributed by atoms with Gasteiger partial charge in [0.15, 0.2) is 0 Å². The maximum Gasteiger partial charge on any atom is 0.384 e. The van der Waals surface area contributed by atoms with E-state index < -0.39 is 5.97 Å². The maximum absolute atomic E-state index is 10.6. The summed E-state index contributed by atoms with van der Waals surface area (Å²) in [6.07, 6.45) is 7.57. The van der Waals surface area contributed by atoms with E-state index in [1.807, 2.05) is 49.3 Å². The van der Waals surface area contributed by atoms with Crippen molar-refractivity contribution in [1.29, 1.82) is 0 Å². The van der Waals surface area contributed by atoms with Crippen LogP contribution in [0.3, 0.4) is 0 Å². The van der Waals surface area contributed by atoms with Crippen LogP contribution < -0.4 is 0 Å². The molecular formula is C14H14O2. The van der Waals surface area contributed by atoms with E-state index >= 15 is 0 Å². The monoisotopic (exact) mass is 214 g/mol. The summed E-state index contributed by atoms with van der Waals surface area (Å²) in [5.74, 6) is 1.30. The van der Waals surface area contributed by atoms with Crippen molar-refractivity contribution in [2.24, 2.45) is 0 Å². The molecule has 0 aliphatic carbocycles. The number of carbonyl (C=O) groups excluding carboxylic acids is 1. The lowest BCUT2D eigenvalue weighted by Crippen LogP contribution is -2.01. The molecule has 0 spiro atoms. The van der Waals surface area contributed by atoms with Crippen molar-refractivity contribution >= 4 is 11.5 Å². The van der Waals surface area contributed by atoms with Crippen LogP contribution in [0.15, 0.2) is 36.4 Å². The lowest BCUT2D eigenvalue weighted by atomic mass is 10.1. The minimum atomic E-state index is -0.606. The molecule has 1 aromatic carbocycles. The summed E-state index contributed by atoms with van der Waals surface area (Å²) in [5, 5.41) is 0. The largest absolute Gasteiger partial charge is 0.456 e. The number of esters is 1. The molecule has 16 heavy (non-hydrogen) atoms. The first-order chi connectivity index (χ1) is 7.74. The molecule has 0 aromatic heterocycles. The molecule has 2 nitrogen and oxygen atoms in total. The number of rotatable bonds is 4. The molecular weight excluding hydrogens is 200 g/mol. The van der Waals surface area contributed by atoms with E-state index in [0.29, 0.717) is 13.0 Å². The van der Waals surface area contributed by atoms with Crippen LogP contribution >= 0.6 is 0 Å². The molecule has 0 saturated heterocycles. The van der Waals surface area contributed by atoms with E-state index in [2.05, 4.69) is 0 Å². The highest BCUT2D eigenvalue weighted by atomic mass is 16.5. The number of carbonyl (C=O) groups is 1. The molecule has 2 heteroatoms. The first kappa shape index (κ1) is 12.1. The fourth-order valence-electron chi connectivity index (χ4n) is 1.29. The van der Waals surface area contributed by atoms with E-state index in [9.17, 15) is 4.79 Å². The van der Waals surface area contributed by atoms with E-state index in [1.165, 1.54) is 5.56 Å². The topological polar surface area (TPSA) is 26.3 Å². The average Bonchev–Trinajstić information content (AvgIpc) is 2.35.